The third-order valence-electron chi connectivity index (χ3n) is 4.52. The van der Waals surface area contributed by atoms with Crippen molar-refractivity contribution in [2.75, 3.05) is 18.5 Å². The Morgan fingerprint density at radius 3 is 2.71 bits per heavy atom. The minimum atomic E-state index is -0.00467. The van der Waals surface area contributed by atoms with Crippen molar-refractivity contribution in [3.8, 4) is 11.1 Å². The lowest BCUT2D eigenvalue weighted by atomic mass is 9.99. The van der Waals surface area contributed by atoms with Crippen LogP contribution in [0.15, 0.2) is 35.3 Å². The lowest BCUT2D eigenvalue weighted by Gasteiger charge is -2.26. The average molecular weight is 328 g/mol. The van der Waals surface area contributed by atoms with E-state index >= 15 is 0 Å². The van der Waals surface area contributed by atoms with Gasteiger partial charge >= 0.3 is 0 Å². The molecule has 0 atom stereocenters. The van der Waals surface area contributed by atoms with Gasteiger partial charge in [-0.25, -0.2) is 0 Å². The SMILES string of the molecule is Cc1cc(-c2cc(CO)ccc2NC2CCOCC2)cn(C)c1=O. The van der Waals surface area contributed by atoms with Gasteiger partial charge in [0.2, 0.25) is 0 Å². The second kappa shape index (κ2) is 7.20. The molecule has 128 valence electrons. The van der Waals surface area contributed by atoms with E-state index in [2.05, 4.69) is 5.32 Å². The third kappa shape index (κ3) is 3.52. The Kier molecular flexibility index (Phi) is 5.02. The number of nitrogens with zero attached hydrogens (tertiary/aromatic N) is 1. The minimum Gasteiger partial charge on any atom is -0.392 e. The first-order valence-electron chi connectivity index (χ1n) is 8.34. The molecule has 24 heavy (non-hydrogen) atoms. The maximum atomic E-state index is 12.0. The predicted molar refractivity (Wildman–Crippen MR) is 95.2 cm³/mol. The van der Waals surface area contributed by atoms with Gasteiger partial charge in [-0.1, -0.05) is 6.07 Å². The molecule has 0 amide bonds. The highest BCUT2D eigenvalue weighted by molar-refractivity contribution is 5.78. The fraction of sp³-hybridized carbons (Fsp3) is 0.421. The number of aromatic nitrogens is 1. The van der Waals surface area contributed by atoms with Crippen molar-refractivity contribution >= 4 is 5.69 Å². The van der Waals surface area contributed by atoms with Crippen LogP contribution in [0.2, 0.25) is 0 Å². The van der Waals surface area contributed by atoms with Crippen LogP contribution in [0.5, 0.6) is 0 Å². The van der Waals surface area contributed by atoms with Gasteiger partial charge in [0, 0.05) is 54.9 Å². The van der Waals surface area contributed by atoms with Crippen molar-refractivity contribution in [3.63, 3.8) is 0 Å². The summed E-state index contributed by atoms with van der Waals surface area (Å²) in [4.78, 5) is 12.0. The normalized spacial score (nSPS) is 15.5. The fourth-order valence-electron chi connectivity index (χ4n) is 3.14. The Balaban J connectivity index is 2.02. The van der Waals surface area contributed by atoms with E-state index in [4.69, 9.17) is 4.74 Å². The summed E-state index contributed by atoms with van der Waals surface area (Å²) in [6, 6.07) is 8.22. The van der Waals surface area contributed by atoms with Crippen molar-refractivity contribution in [2.24, 2.45) is 7.05 Å². The Morgan fingerprint density at radius 2 is 2.04 bits per heavy atom. The molecule has 2 heterocycles. The summed E-state index contributed by atoms with van der Waals surface area (Å²) in [6.07, 6.45) is 3.81. The zero-order valence-electron chi connectivity index (χ0n) is 14.2. The molecular weight excluding hydrogens is 304 g/mol. The first-order chi connectivity index (χ1) is 11.6. The zero-order chi connectivity index (χ0) is 17.1. The van der Waals surface area contributed by atoms with E-state index in [-0.39, 0.29) is 12.2 Å². The molecule has 1 saturated heterocycles. The molecule has 1 aromatic heterocycles. The maximum Gasteiger partial charge on any atom is 0.253 e. The highest BCUT2D eigenvalue weighted by Gasteiger charge is 2.16. The molecule has 0 saturated carbocycles. The van der Waals surface area contributed by atoms with Crippen LogP contribution in [0, 0.1) is 6.92 Å². The molecule has 1 aliphatic heterocycles. The van der Waals surface area contributed by atoms with Gasteiger partial charge in [0.1, 0.15) is 0 Å². The number of pyridine rings is 1. The quantitative estimate of drug-likeness (QED) is 0.905. The van der Waals surface area contributed by atoms with E-state index in [1.807, 2.05) is 37.4 Å². The molecule has 2 N–H and O–H groups in total. The number of aliphatic hydroxyl groups excluding tert-OH is 1. The summed E-state index contributed by atoms with van der Waals surface area (Å²) in [7, 11) is 1.76. The van der Waals surface area contributed by atoms with Crippen molar-refractivity contribution in [1.29, 1.82) is 0 Å². The Labute approximate surface area is 141 Å². The number of ether oxygens (including phenoxy) is 1. The monoisotopic (exact) mass is 328 g/mol. The third-order valence-corrected chi connectivity index (χ3v) is 4.52. The minimum absolute atomic E-state index is 0.00467. The Morgan fingerprint density at radius 1 is 1.29 bits per heavy atom. The van der Waals surface area contributed by atoms with Crippen molar-refractivity contribution in [3.05, 3.63) is 51.9 Å². The lowest BCUT2D eigenvalue weighted by Crippen LogP contribution is -2.28. The lowest BCUT2D eigenvalue weighted by molar-refractivity contribution is 0.0904. The Hall–Kier alpha value is -2.11. The zero-order valence-corrected chi connectivity index (χ0v) is 14.2. The van der Waals surface area contributed by atoms with Gasteiger partial charge in [-0.3, -0.25) is 4.79 Å². The number of aryl methyl sites for hydroxylation is 2. The standard InChI is InChI=1S/C19H24N2O3/c1-13-9-15(11-21(2)19(13)23)17-10-14(12-22)3-4-18(17)20-16-5-7-24-8-6-16/h3-4,9-11,16,20,22H,5-8,12H2,1-2H3. The molecule has 0 bridgehead atoms. The van der Waals surface area contributed by atoms with Crippen LogP contribution in [-0.2, 0) is 18.4 Å². The molecular formula is C19H24N2O3. The molecule has 0 aliphatic carbocycles. The van der Waals surface area contributed by atoms with E-state index in [1.165, 1.54) is 0 Å². The number of rotatable bonds is 4. The van der Waals surface area contributed by atoms with Gasteiger partial charge in [0.15, 0.2) is 0 Å². The van der Waals surface area contributed by atoms with Gasteiger partial charge in [0.05, 0.1) is 6.61 Å². The van der Waals surface area contributed by atoms with Crippen LogP contribution in [0.3, 0.4) is 0 Å². The van der Waals surface area contributed by atoms with Crippen LogP contribution in [-0.4, -0.2) is 28.9 Å². The molecule has 5 heteroatoms. The predicted octanol–water partition coefficient (Wildman–Crippen LogP) is 2.44. The molecule has 5 nitrogen and oxygen atoms in total. The van der Waals surface area contributed by atoms with Crippen molar-refractivity contribution in [2.45, 2.75) is 32.4 Å². The van der Waals surface area contributed by atoms with Gasteiger partial charge in [-0.15, -0.1) is 0 Å². The van der Waals surface area contributed by atoms with Crippen molar-refractivity contribution < 1.29 is 9.84 Å². The van der Waals surface area contributed by atoms with E-state index in [0.29, 0.717) is 11.6 Å². The molecule has 1 aromatic carbocycles. The molecule has 0 spiro atoms. The molecule has 1 aliphatic rings. The maximum absolute atomic E-state index is 12.0. The molecule has 3 rings (SSSR count). The Bertz CT molecular complexity index is 750. The number of nitrogens with one attached hydrogen (secondary N) is 1. The van der Waals surface area contributed by atoms with Crippen LogP contribution < -0.4 is 10.9 Å². The second-order valence-electron chi connectivity index (χ2n) is 6.40. The number of anilines is 1. The molecule has 0 unspecified atom stereocenters. The van der Waals surface area contributed by atoms with E-state index in [1.54, 1.807) is 11.6 Å². The first-order valence-corrected chi connectivity index (χ1v) is 8.34. The van der Waals surface area contributed by atoms with Crippen LogP contribution in [0.25, 0.3) is 11.1 Å². The summed E-state index contributed by atoms with van der Waals surface area (Å²) >= 11 is 0. The summed E-state index contributed by atoms with van der Waals surface area (Å²) in [6.45, 7) is 3.38. The topological polar surface area (TPSA) is 63.5 Å². The largest absolute Gasteiger partial charge is 0.392 e. The van der Waals surface area contributed by atoms with Crippen LogP contribution in [0.4, 0.5) is 5.69 Å². The number of hydrogen-bond donors (Lipinski definition) is 2. The average Bonchev–Trinajstić information content (AvgIpc) is 2.60. The smallest absolute Gasteiger partial charge is 0.253 e. The first kappa shape index (κ1) is 16.7. The molecule has 1 fully saturated rings. The number of aliphatic hydroxyl groups is 1. The van der Waals surface area contributed by atoms with Gasteiger partial charge < -0.3 is 19.7 Å². The fourth-order valence-corrected chi connectivity index (χ4v) is 3.14. The number of hydrogen-bond acceptors (Lipinski definition) is 4. The summed E-state index contributed by atoms with van der Waals surface area (Å²) in [5.74, 6) is 0. The summed E-state index contributed by atoms with van der Waals surface area (Å²) in [5.41, 5.74) is 4.58. The van der Waals surface area contributed by atoms with Gasteiger partial charge in [-0.2, -0.15) is 0 Å². The van der Waals surface area contributed by atoms with Crippen LogP contribution in [0.1, 0.15) is 24.0 Å². The summed E-state index contributed by atoms with van der Waals surface area (Å²) < 4.78 is 7.03. The number of benzene rings is 1. The second-order valence-corrected chi connectivity index (χ2v) is 6.40. The van der Waals surface area contributed by atoms with Crippen LogP contribution >= 0.6 is 0 Å². The van der Waals surface area contributed by atoms with E-state index in [0.717, 1.165) is 48.4 Å². The highest BCUT2D eigenvalue weighted by atomic mass is 16.5. The van der Waals surface area contributed by atoms with Crippen molar-refractivity contribution in [1.82, 2.24) is 4.57 Å². The van der Waals surface area contributed by atoms with Gasteiger partial charge in [0.25, 0.3) is 5.56 Å². The molecule has 2 aromatic rings. The summed E-state index contributed by atoms with van der Waals surface area (Å²) in [5, 5.41) is 13.1. The van der Waals surface area contributed by atoms with E-state index < -0.39 is 0 Å². The highest BCUT2D eigenvalue weighted by Crippen LogP contribution is 2.30. The van der Waals surface area contributed by atoms with E-state index in [9.17, 15) is 9.90 Å². The van der Waals surface area contributed by atoms with Gasteiger partial charge in [-0.05, 0) is 43.5 Å². The molecule has 0 radical (unpaired) electrons.